The normalized spacial score (nSPS) is 15.4. The summed E-state index contributed by atoms with van der Waals surface area (Å²) in [6.07, 6.45) is 1.32. The number of aromatic nitrogens is 2. The van der Waals surface area contributed by atoms with Gasteiger partial charge in [0.2, 0.25) is 11.8 Å². The maximum Gasteiger partial charge on any atom is 0.232 e. The summed E-state index contributed by atoms with van der Waals surface area (Å²) in [6.45, 7) is 9.41. The first-order valence-corrected chi connectivity index (χ1v) is 8.80. The van der Waals surface area contributed by atoms with Gasteiger partial charge in [0.1, 0.15) is 0 Å². The Bertz CT molecular complexity index is 690. The predicted molar refractivity (Wildman–Crippen MR) is 96.8 cm³/mol. The number of piperazine rings is 1. The van der Waals surface area contributed by atoms with Crippen molar-refractivity contribution in [2.75, 3.05) is 42.9 Å². The molecule has 1 amide bonds. The second kappa shape index (κ2) is 8.11. The molecule has 0 bridgehead atoms. The quantitative estimate of drug-likeness (QED) is 0.866. The van der Waals surface area contributed by atoms with Crippen LogP contribution in [0.5, 0.6) is 0 Å². The molecule has 1 aliphatic rings. The van der Waals surface area contributed by atoms with Crippen LogP contribution in [0.15, 0.2) is 28.8 Å². The fourth-order valence-corrected chi connectivity index (χ4v) is 3.06. The van der Waals surface area contributed by atoms with Gasteiger partial charge in [-0.3, -0.25) is 9.69 Å². The number of carbonyl (C=O) groups is 1. The van der Waals surface area contributed by atoms with Crippen LogP contribution in [0.4, 0.5) is 11.4 Å². The van der Waals surface area contributed by atoms with Gasteiger partial charge in [0.25, 0.3) is 0 Å². The number of carbonyl (C=O) groups excluding carboxylic acids is 1. The minimum Gasteiger partial charge on any atom is -0.369 e. The molecule has 2 heterocycles. The molecule has 0 unspecified atom stereocenters. The molecule has 0 saturated carbocycles. The summed E-state index contributed by atoms with van der Waals surface area (Å²) in [4.78, 5) is 21.0. The molecule has 3 rings (SSSR count). The van der Waals surface area contributed by atoms with E-state index in [2.05, 4.69) is 44.3 Å². The smallest absolute Gasteiger partial charge is 0.232 e. The Morgan fingerprint density at radius 1 is 1.20 bits per heavy atom. The number of anilines is 2. The van der Waals surface area contributed by atoms with Crippen molar-refractivity contribution < 1.29 is 9.32 Å². The highest BCUT2D eigenvalue weighted by atomic mass is 16.5. The van der Waals surface area contributed by atoms with E-state index in [0.29, 0.717) is 11.7 Å². The lowest BCUT2D eigenvalue weighted by molar-refractivity contribution is -0.115. The van der Waals surface area contributed by atoms with E-state index >= 15 is 0 Å². The summed E-state index contributed by atoms with van der Waals surface area (Å²) in [5.74, 6) is 0.712. The van der Waals surface area contributed by atoms with Crippen LogP contribution in [0.3, 0.4) is 0 Å². The predicted octanol–water partition coefficient (Wildman–Crippen LogP) is 2.09. The van der Waals surface area contributed by atoms with Crippen molar-refractivity contribution in [1.29, 1.82) is 0 Å². The lowest BCUT2D eigenvalue weighted by Crippen LogP contribution is -2.46. The van der Waals surface area contributed by atoms with Crippen molar-refractivity contribution in [1.82, 2.24) is 15.0 Å². The van der Waals surface area contributed by atoms with Gasteiger partial charge in [-0.1, -0.05) is 12.1 Å². The zero-order valence-electron chi connectivity index (χ0n) is 14.9. The first-order chi connectivity index (χ1) is 12.1. The highest BCUT2D eigenvalue weighted by Crippen LogP contribution is 2.19. The molecule has 1 fully saturated rings. The van der Waals surface area contributed by atoms with Crippen LogP contribution < -0.4 is 10.2 Å². The minimum absolute atomic E-state index is 0.110. The Kier molecular flexibility index (Phi) is 5.65. The summed E-state index contributed by atoms with van der Waals surface area (Å²) >= 11 is 0. The summed E-state index contributed by atoms with van der Waals surface area (Å²) in [6, 6.07) is 7.99. The molecule has 0 aliphatic carbocycles. The molecule has 25 heavy (non-hydrogen) atoms. The SMILES string of the molecule is CCCN1CCN(c2ccc(NC(=O)Cc3noc(C)n3)cc2)CC1. The van der Waals surface area contributed by atoms with Gasteiger partial charge in [-0.15, -0.1) is 0 Å². The number of benzene rings is 1. The van der Waals surface area contributed by atoms with Crippen molar-refractivity contribution in [3.05, 3.63) is 36.0 Å². The number of hydrogen-bond donors (Lipinski definition) is 1. The molecule has 1 aliphatic heterocycles. The monoisotopic (exact) mass is 343 g/mol. The van der Waals surface area contributed by atoms with Gasteiger partial charge in [0, 0.05) is 44.5 Å². The first kappa shape index (κ1) is 17.4. The van der Waals surface area contributed by atoms with Crippen molar-refractivity contribution >= 4 is 17.3 Å². The van der Waals surface area contributed by atoms with Crippen LogP contribution in [0, 0.1) is 6.92 Å². The number of aryl methyl sites for hydroxylation is 1. The van der Waals surface area contributed by atoms with Crippen molar-refractivity contribution in [2.45, 2.75) is 26.7 Å². The zero-order chi connectivity index (χ0) is 17.6. The van der Waals surface area contributed by atoms with Crippen molar-refractivity contribution in [3.8, 4) is 0 Å². The Hall–Kier alpha value is -2.41. The third kappa shape index (κ3) is 4.79. The Labute approximate surface area is 148 Å². The lowest BCUT2D eigenvalue weighted by atomic mass is 10.2. The maximum atomic E-state index is 12.0. The summed E-state index contributed by atoms with van der Waals surface area (Å²) in [5.41, 5.74) is 1.97. The fraction of sp³-hybridized carbons (Fsp3) is 0.500. The standard InChI is InChI=1S/C18H25N5O2/c1-3-8-22-9-11-23(12-10-22)16-6-4-15(5-7-16)20-18(24)13-17-19-14(2)25-21-17/h4-7H,3,8-13H2,1-2H3,(H,20,24). The molecule has 0 atom stereocenters. The molecule has 0 radical (unpaired) electrons. The lowest BCUT2D eigenvalue weighted by Gasteiger charge is -2.36. The van der Waals surface area contributed by atoms with Gasteiger partial charge >= 0.3 is 0 Å². The number of hydrogen-bond acceptors (Lipinski definition) is 6. The van der Waals surface area contributed by atoms with Crippen LogP contribution in [0.1, 0.15) is 25.1 Å². The Balaban J connectivity index is 1.51. The fourth-order valence-electron chi connectivity index (χ4n) is 3.06. The summed E-state index contributed by atoms with van der Waals surface area (Å²) in [5, 5.41) is 6.60. The number of nitrogens with one attached hydrogen (secondary N) is 1. The largest absolute Gasteiger partial charge is 0.369 e. The molecule has 1 N–H and O–H groups in total. The van der Waals surface area contributed by atoms with Gasteiger partial charge in [-0.2, -0.15) is 4.98 Å². The second-order valence-corrected chi connectivity index (χ2v) is 6.33. The van der Waals surface area contributed by atoms with Gasteiger partial charge in [-0.25, -0.2) is 0 Å². The van der Waals surface area contributed by atoms with Gasteiger partial charge < -0.3 is 14.7 Å². The second-order valence-electron chi connectivity index (χ2n) is 6.33. The van der Waals surface area contributed by atoms with Crippen LogP contribution >= 0.6 is 0 Å². The van der Waals surface area contributed by atoms with Gasteiger partial charge in [-0.05, 0) is 37.2 Å². The van der Waals surface area contributed by atoms with E-state index in [4.69, 9.17) is 4.52 Å². The highest BCUT2D eigenvalue weighted by Gasteiger charge is 2.16. The molecule has 1 saturated heterocycles. The van der Waals surface area contributed by atoms with E-state index < -0.39 is 0 Å². The van der Waals surface area contributed by atoms with E-state index in [1.807, 2.05) is 12.1 Å². The summed E-state index contributed by atoms with van der Waals surface area (Å²) in [7, 11) is 0. The molecule has 1 aromatic carbocycles. The topological polar surface area (TPSA) is 74.5 Å². The molecule has 1 aromatic heterocycles. The molecular weight excluding hydrogens is 318 g/mol. The molecule has 7 nitrogen and oxygen atoms in total. The van der Waals surface area contributed by atoms with Crippen LogP contribution in [0.25, 0.3) is 0 Å². The van der Waals surface area contributed by atoms with Crippen LogP contribution in [-0.2, 0) is 11.2 Å². The molecule has 7 heteroatoms. The van der Waals surface area contributed by atoms with Crippen LogP contribution in [0.2, 0.25) is 0 Å². The molecule has 2 aromatic rings. The Morgan fingerprint density at radius 2 is 1.92 bits per heavy atom. The summed E-state index contributed by atoms with van der Waals surface area (Å²) < 4.78 is 4.87. The Morgan fingerprint density at radius 3 is 2.52 bits per heavy atom. The first-order valence-electron chi connectivity index (χ1n) is 8.80. The number of amides is 1. The number of rotatable bonds is 6. The minimum atomic E-state index is -0.151. The van der Waals surface area contributed by atoms with E-state index in [1.165, 1.54) is 18.7 Å². The molecule has 134 valence electrons. The highest BCUT2D eigenvalue weighted by molar-refractivity contribution is 5.91. The van der Waals surface area contributed by atoms with Gasteiger partial charge in [0.15, 0.2) is 5.82 Å². The van der Waals surface area contributed by atoms with E-state index in [9.17, 15) is 4.79 Å². The van der Waals surface area contributed by atoms with Crippen LogP contribution in [-0.4, -0.2) is 53.7 Å². The molecule has 0 spiro atoms. The average Bonchev–Trinajstić information content (AvgIpc) is 3.01. The van der Waals surface area contributed by atoms with E-state index in [0.717, 1.165) is 31.9 Å². The maximum absolute atomic E-state index is 12.0. The van der Waals surface area contributed by atoms with Gasteiger partial charge in [0.05, 0.1) is 6.42 Å². The third-order valence-corrected chi connectivity index (χ3v) is 4.32. The molecular formula is C18H25N5O2. The zero-order valence-corrected chi connectivity index (χ0v) is 14.9. The van der Waals surface area contributed by atoms with E-state index in [1.54, 1.807) is 6.92 Å². The third-order valence-electron chi connectivity index (χ3n) is 4.32. The van der Waals surface area contributed by atoms with E-state index in [-0.39, 0.29) is 12.3 Å². The van der Waals surface area contributed by atoms with Crippen molar-refractivity contribution in [2.24, 2.45) is 0 Å². The van der Waals surface area contributed by atoms with Crippen molar-refractivity contribution in [3.63, 3.8) is 0 Å². The number of nitrogens with zero attached hydrogens (tertiary/aromatic N) is 4. The average molecular weight is 343 g/mol.